The summed E-state index contributed by atoms with van der Waals surface area (Å²) < 4.78 is 13.0. The summed E-state index contributed by atoms with van der Waals surface area (Å²) in [4.78, 5) is 12.8. The van der Waals surface area contributed by atoms with Gasteiger partial charge >= 0.3 is 0 Å². The number of nitrogens with zero attached hydrogens (tertiary/aromatic N) is 1. The Balaban J connectivity index is 2.14. The Morgan fingerprint density at radius 2 is 2.13 bits per heavy atom. The minimum atomic E-state index is -0.801. The van der Waals surface area contributed by atoms with E-state index < -0.39 is 12.2 Å². The molecule has 0 aromatic heterocycles. The fourth-order valence-electron chi connectivity index (χ4n) is 1.97. The largest absolute Gasteiger partial charge is 0.289 e. The van der Waals surface area contributed by atoms with Crippen molar-refractivity contribution in [1.82, 2.24) is 4.90 Å². The predicted molar refractivity (Wildman–Crippen MR) is 56.0 cm³/mol. The van der Waals surface area contributed by atoms with Gasteiger partial charge in [-0.2, -0.15) is 0 Å². The van der Waals surface area contributed by atoms with Crippen molar-refractivity contribution in [2.75, 3.05) is 13.1 Å². The molecular formula is C12H13FNO. The molecule has 1 aliphatic rings. The van der Waals surface area contributed by atoms with Gasteiger partial charge in [0.15, 0.2) is 0 Å². The Morgan fingerprint density at radius 3 is 2.67 bits per heavy atom. The minimum Gasteiger partial charge on any atom is -0.289 e. The molecule has 0 amide bonds. The zero-order valence-corrected chi connectivity index (χ0v) is 8.40. The van der Waals surface area contributed by atoms with E-state index in [9.17, 15) is 9.18 Å². The number of benzene rings is 1. The highest BCUT2D eigenvalue weighted by Crippen LogP contribution is 2.24. The number of carbonyl (C=O) groups excluding carboxylic acids is 1. The summed E-state index contributed by atoms with van der Waals surface area (Å²) in [6.07, 6.45) is 1.71. The molecule has 0 spiro atoms. The number of halogens is 1. The Bertz CT molecular complexity index is 328. The molecule has 1 aliphatic heterocycles. The number of hydrogen-bond acceptors (Lipinski definition) is 2. The van der Waals surface area contributed by atoms with Gasteiger partial charge < -0.3 is 0 Å². The van der Waals surface area contributed by atoms with E-state index in [1.807, 2.05) is 41.5 Å². The Hall–Kier alpha value is -1.22. The lowest BCUT2D eigenvalue weighted by molar-refractivity contribution is 0.260. The monoisotopic (exact) mass is 206 g/mol. The van der Waals surface area contributed by atoms with Crippen molar-refractivity contribution >= 4 is 6.29 Å². The van der Waals surface area contributed by atoms with E-state index in [2.05, 4.69) is 0 Å². The second-order valence-corrected chi connectivity index (χ2v) is 3.81. The highest BCUT2D eigenvalue weighted by Gasteiger charge is 2.29. The maximum Gasteiger partial charge on any atom is 0.222 e. The second-order valence-electron chi connectivity index (χ2n) is 3.81. The van der Waals surface area contributed by atoms with Crippen molar-refractivity contribution < 1.29 is 9.18 Å². The molecule has 0 saturated carbocycles. The van der Waals surface area contributed by atoms with Crippen molar-refractivity contribution in [1.29, 1.82) is 0 Å². The third-order valence-electron chi connectivity index (χ3n) is 2.75. The summed E-state index contributed by atoms with van der Waals surface area (Å²) in [6.45, 7) is 0.977. The lowest BCUT2D eigenvalue weighted by Crippen LogP contribution is -2.27. The fourth-order valence-corrected chi connectivity index (χ4v) is 1.97. The quantitative estimate of drug-likeness (QED) is 0.752. The van der Waals surface area contributed by atoms with E-state index in [4.69, 9.17) is 0 Å². The highest BCUT2D eigenvalue weighted by molar-refractivity contribution is 5.62. The van der Waals surface area contributed by atoms with Gasteiger partial charge in [-0.1, -0.05) is 30.3 Å². The molecular weight excluding hydrogens is 193 g/mol. The molecule has 15 heavy (non-hydrogen) atoms. The van der Waals surface area contributed by atoms with Gasteiger partial charge in [-0.15, -0.1) is 0 Å². The van der Waals surface area contributed by atoms with Crippen molar-refractivity contribution in [3.05, 3.63) is 35.9 Å². The number of rotatable bonds is 3. The van der Waals surface area contributed by atoms with Gasteiger partial charge in [0.05, 0.1) is 0 Å². The fraction of sp³-hybridized carbons (Fsp3) is 0.417. The minimum absolute atomic E-state index is 0.342. The topological polar surface area (TPSA) is 20.3 Å². The Morgan fingerprint density at radius 1 is 1.40 bits per heavy atom. The first-order valence-corrected chi connectivity index (χ1v) is 5.12. The zero-order chi connectivity index (χ0) is 10.7. The molecule has 2 atom stereocenters. The molecule has 1 heterocycles. The average molecular weight is 206 g/mol. The summed E-state index contributed by atoms with van der Waals surface area (Å²) in [5.74, 6) is 0. The highest BCUT2D eigenvalue weighted by atomic mass is 19.1. The SMILES string of the molecule is O=[C]C(c1ccccc1)N1CC[C@H](F)C1. The normalized spacial score (nSPS) is 23.9. The zero-order valence-electron chi connectivity index (χ0n) is 8.40. The van der Waals surface area contributed by atoms with Crippen LogP contribution < -0.4 is 0 Å². The summed E-state index contributed by atoms with van der Waals surface area (Å²) >= 11 is 0. The van der Waals surface area contributed by atoms with Crippen LogP contribution in [0.4, 0.5) is 4.39 Å². The maximum absolute atomic E-state index is 13.0. The van der Waals surface area contributed by atoms with Crippen LogP contribution in [0.25, 0.3) is 0 Å². The maximum atomic E-state index is 13.0. The smallest absolute Gasteiger partial charge is 0.222 e. The third kappa shape index (κ3) is 2.23. The second kappa shape index (κ2) is 4.53. The molecule has 3 heteroatoms. The van der Waals surface area contributed by atoms with Crippen LogP contribution in [-0.2, 0) is 4.79 Å². The summed E-state index contributed by atoms with van der Waals surface area (Å²) in [5.41, 5.74) is 0.890. The van der Waals surface area contributed by atoms with E-state index in [1.165, 1.54) is 0 Å². The van der Waals surface area contributed by atoms with E-state index in [0.717, 1.165) is 5.56 Å². The van der Waals surface area contributed by atoms with Crippen LogP contribution in [0.3, 0.4) is 0 Å². The van der Waals surface area contributed by atoms with E-state index in [0.29, 0.717) is 19.5 Å². The number of hydrogen-bond donors (Lipinski definition) is 0. The van der Waals surface area contributed by atoms with Crippen molar-refractivity contribution in [3.8, 4) is 0 Å². The van der Waals surface area contributed by atoms with E-state index >= 15 is 0 Å². The van der Waals surface area contributed by atoms with Crippen LogP contribution >= 0.6 is 0 Å². The molecule has 0 aliphatic carbocycles. The summed E-state index contributed by atoms with van der Waals surface area (Å²) in [7, 11) is 0. The van der Waals surface area contributed by atoms with Gasteiger partial charge in [0, 0.05) is 13.1 Å². The molecule has 2 rings (SSSR count). The van der Waals surface area contributed by atoms with Crippen LogP contribution in [-0.4, -0.2) is 30.4 Å². The lowest BCUT2D eigenvalue weighted by Gasteiger charge is -2.21. The molecule has 79 valence electrons. The Labute approximate surface area is 88.7 Å². The van der Waals surface area contributed by atoms with Crippen molar-refractivity contribution in [3.63, 3.8) is 0 Å². The summed E-state index contributed by atoms with van der Waals surface area (Å²) in [6, 6.07) is 8.99. The van der Waals surface area contributed by atoms with Gasteiger partial charge in [0.1, 0.15) is 12.2 Å². The van der Waals surface area contributed by atoms with Gasteiger partial charge in [0.25, 0.3) is 0 Å². The first-order valence-electron chi connectivity index (χ1n) is 5.12. The van der Waals surface area contributed by atoms with Crippen molar-refractivity contribution in [2.24, 2.45) is 0 Å². The molecule has 1 radical (unpaired) electrons. The van der Waals surface area contributed by atoms with Gasteiger partial charge in [-0.05, 0) is 12.0 Å². The average Bonchev–Trinajstić information content (AvgIpc) is 2.68. The lowest BCUT2D eigenvalue weighted by atomic mass is 10.1. The van der Waals surface area contributed by atoms with E-state index in [-0.39, 0.29) is 0 Å². The van der Waals surface area contributed by atoms with Gasteiger partial charge in [-0.3, -0.25) is 9.69 Å². The molecule has 1 saturated heterocycles. The van der Waals surface area contributed by atoms with Crippen LogP contribution in [0.1, 0.15) is 18.0 Å². The van der Waals surface area contributed by atoms with Crippen LogP contribution in [0.15, 0.2) is 30.3 Å². The van der Waals surface area contributed by atoms with E-state index in [1.54, 1.807) is 0 Å². The first-order chi connectivity index (χ1) is 7.31. The van der Waals surface area contributed by atoms with Crippen LogP contribution in [0, 0.1) is 0 Å². The molecule has 0 N–H and O–H groups in total. The molecule has 2 nitrogen and oxygen atoms in total. The molecule has 1 fully saturated rings. The standard InChI is InChI=1S/C12H13FNO/c13-11-6-7-14(8-11)12(9-15)10-4-2-1-3-5-10/h1-5,11-12H,6-8H2/t11-,12?/m0/s1. The van der Waals surface area contributed by atoms with Gasteiger partial charge in [-0.25, -0.2) is 4.39 Å². The van der Waals surface area contributed by atoms with Gasteiger partial charge in [0.2, 0.25) is 6.29 Å². The van der Waals surface area contributed by atoms with Crippen LogP contribution in [0.5, 0.6) is 0 Å². The van der Waals surface area contributed by atoms with Crippen LogP contribution in [0.2, 0.25) is 0 Å². The number of alkyl halides is 1. The van der Waals surface area contributed by atoms with Crippen molar-refractivity contribution in [2.45, 2.75) is 18.6 Å². The Kier molecular flexibility index (Phi) is 3.11. The molecule has 1 aromatic rings. The molecule has 1 aromatic carbocycles. The number of likely N-dealkylation sites (tertiary alicyclic amines) is 1. The molecule has 0 bridgehead atoms. The molecule has 1 unspecified atom stereocenters. The predicted octanol–water partition coefficient (Wildman–Crippen LogP) is 1.88. The first kappa shape index (κ1) is 10.3. The third-order valence-corrected chi connectivity index (χ3v) is 2.75. The summed E-state index contributed by atoms with van der Waals surface area (Å²) in [5, 5.41) is 0.